The fourth-order valence-electron chi connectivity index (χ4n) is 9.32. The second-order valence-electron chi connectivity index (χ2n) is 24.5. The summed E-state index contributed by atoms with van der Waals surface area (Å²) >= 11 is 0. The van der Waals surface area contributed by atoms with E-state index in [9.17, 15) is 19.0 Å². The van der Waals surface area contributed by atoms with Crippen LogP contribution in [0.4, 0.5) is 0 Å². The standard InChI is InChI=1S/C80H132NO8P/c1-6-8-10-12-14-16-18-20-22-24-26-28-30-32-34-36-37-38-39-40-41-42-43-45-47-49-51-53-55-57-59-61-63-65-67-69-71-73-80(83)89-78(77-88-90(84,85)87-75-74-81(3,4)5)76-86-79(82)72-70-68-66-64-62-60-58-56-54-52-50-48-46-44-35-33-31-29-27-25-23-21-19-17-15-13-11-9-7-2/h8-11,14-17,20-23,26-29,32,34,37-38,40-41,43,45,49,51,55,57,78H,6-7,12-13,18-19,24-25,30-31,33,35-36,39,42,44,46-48,50,52-54,56,58-77H2,1-5H3/b10-8-,11-9-,16-14-,17-15-,22-20-,23-21-,28-26-,29-27-,34-32-,38-37-,41-40-,45-43-,51-49-,57-55-. The van der Waals surface area contributed by atoms with Gasteiger partial charge in [0.05, 0.1) is 27.7 Å². The van der Waals surface area contributed by atoms with Crippen LogP contribution in [0.1, 0.15) is 271 Å². The number of unbranched alkanes of at least 4 members (excludes halogenated alkanes) is 22. The Balaban J connectivity index is 4.14. The zero-order chi connectivity index (χ0) is 65.5. The number of phosphoric acid groups is 1. The lowest BCUT2D eigenvalue weighted by Gasteiger charge is -2.28. The molecule has 0 spiro atoms. The van der Waals surface area contributed by atoms with Gasteiger partial charge in [0.25, 0.3) is 7.82 Å². The molecule has 0 aliphatic carbocycles. The van der Waals surface area contributed by atoms with Crippen molar-refractivity contribution in [2.75, 3.05) is 47.5 Å². The third-order valence-electron chi connectivity index (χ3n) is 14.7. The Morgan fingerprint density at radius 3 is 0.889 bits per heavy atom. The smallest absolute Gasteiger partial charge is 0.306 e. The molecule has 0 radical (unpaired) electrons. The molecular formula is C80H132NO8P. The van der Waals surface area contributed by atoms with Crippen LogP contribution in [0, 0.1) is 0 Å². The number of hydrogen-bond acceptors (Lipinski definition) is 8. The second kappa shape index (κ2) is 68.7. The predicted molar refractivity (Wildman–Crippen MR) is 387 cm³/mol. The predicted octanol–water partition coefficient (Wildman–Crippen LogP) is 23.1. The molecular weight excluding hydrogens is 1130 g/mol. The third-order valence-corrected chi connectivity index (χ3v) is 15.7. The van der Waals surface area contributed by atoms with E-state index >= 15 is 0 Å². The normalized spacial score (nSPS) is 14.2. The highest BCUT2D eigenvalue weighted by Crippen LogP contribution is 2.38. The van der Waals surface area contributed by atoms with Crippen LogP contribution in [0.15, 0.2) is 170 Å². The van der Waals surface area contributed by atoms with Gasteiger partial charge in [-0.05, 0) is 128 Å². The van der Waals surface area contributed by atoms with Crippen molar-refractivity contribution in [1.29, 1.82) is 0 Å². The maximum atomic E-state index is 12.9. The van der Waals surface area contributed by atoms with Crippen LogP contribution < -0.4 is 4.89 Å². The summed E-state index contributed by atoms with van der Waals surface area (Å²) in [5.41, 5.74) is 0. The van der Waals surface area contributed by atoms with Crippen molar-refractivity contribution in [2.45, 2.75) is 277 Å². The van der Waals surface area contributed by atoms with E-state index in [4.69, 9.17) is 18.5 Å². The number of esters is 2. The van der Waals surface area contributed by atoms with Gasteiger partial charge in [-0.3, -0.25) is 14.2 Å². The summed E-state index contributed by atoms with van der Waals surface area (Å²) < 4.78 is 34.3. The minimum Gasteiger partial charge on any atom is -0.756 e. The molecule has 0 bridgehead atoms. The molecule has 0 aromatic heterocycles. The first-order valence-electron chi connectivity index (χ1n) is 35.8. The minimum atomic E-state index is -4.66. The lowest BCUT2D eigenvalue weighted by Crippen LogP contribution is -2.37. The zero-order valence-corrected chi connectivity index (χ0v) is 58.9. The highest BCUT2D eigenvalue weighted by Gasteiger charge is 2.22. The Labute approximate surface area is 553 Å². The fourth-order valence-corrected chi connectivity index (χ4v) is 10.1. The maximum absolute atomic E-state index is 12.9. The van der Waals surface area contributed by atoms with E-state index in [0.29, 0.717) is 17.4 Å². The van der Waals surface area contributed by atoms with Gasteiger partial charge in [-0.1, -0.05) is 300 Å². The van der Waals surface area contributed by atoms with Crippen molar-refractivity contribution in [1.82, 2.24) is 0 Å². The molecule has 0 amide bonds. The van der Waals surface area contributed by atoms with Crippen LogP contribution >= 0.6 is 7.82 Å². The molecule has 2 atom stereocenters. The summed E-state index contributed by atoms with van der Waals surface area (Å²) in [5.74, 6) is -0.856. The molecule has 510 valence electrons. The molecule has 2 unspecified atom stereocenters. The number of ether oxygens (including phenoxy) is 2. The van der Waals surface area contributed by atoms with E-state index in [1.54, 1.807) is 0 Å². The Morgan fingerprint density at radius 1 is 0.344 bits per heavy atom. The van der Waals surface area contributed by atoms with Crippen molar-refractivity contribution < 1.29 is 42.1 Å². The summed E-state index contributed by atoms with van der Waals surface area (Å²) in [7, 11) is 1.14. The van der Waals surface area contributed by atoms with Crippen molar-refractivity contribution in [3.63, 3.8) is 0 Å². The molecule has 0 saturated heterocycles. The molecule has 10 heteroatoms. The number of likely N-dealkylation sites (N-methyl/N-ethyl adjacent to an activating group) is 1. The van der Waals surface area contributed by atoms with Crippen LogP contribution in [0.25, 0.3) is 0 Å². The van der Waals surface area contributed by atoms with Crippen molar-refractivity contribution >= 4 is 19.8 Å². The molecule has 0 aromatic carbocycles. The zero-order valence-electron chi connectivity index (χ0n) is 58.0. The van der Waals surface area contributed by atoms with Crippen LogP contribution in [0.3, 0.4) is 0 Å². The van der Waals surface area contributed by atoms with Crippen molar-refractivity contribution in [2.24, 2.45) is 0 Å². The van der Waals surface area contributed by atoms with Crippen LogP contribution in [-0.2, 0) is 32.7 Å². The summed E-state index contributed by atoms with van der Waals surface area (Å²) in [6.45, 7) is 3.99. The SMILES string of the molecule is CC/C=C\C/C=C\C/C=C\C/C=C\C/C=C\C/C=C\C/C=C\C/C=C\C/C=C\C/C=C\CCCCCCCCC(=O)OC(COC(=O)CCCCCCCCCCCCCCCCCC/C=C\C/C=C\C/C=C\C/C=C\CC)COP(=O)([O-])OCC[N+](C)(C)C. The van der Waals surface area contributed by atoms with Crippen LogP contribution in [-0.4, -0.2) is 70.0 Å². The Hall–Kier alpha value is -4.63. The van der Waals surface area contributed by atoms with Gasteiger partial charge < -0.3 is 27.9 Å². The number of allylic oxidation sites excluding steroid dienone is 28. The first-order valence-corrected chi connectivity index (χ1v) is 37.3. The van der Waals surface area contributed by atoms with E-state index < -0.39 is 32.5 Å². The molecule has 0 aromatic rings. The third kappa shape index (κ3) is 72.4. The van der Waals surface area contributed by atoms with Gasteiger partial charge in [0, 0.05) is 12.8 Å². The largest absolute Gasteiger partial charge is 0.756 e. The quantitative estimate of drug-likeness (QED) is 0.0195. The molecule has 0 aliphatic rings. The van der Waals surface area contributed by atoms with Gasteiger partial charge in [0.15, 0.2) is 6.10 Å². The number of hydrogen-bond donors (Lipinski definition) is 0. The topological polar surface area (TPSA) is 111 Å². The summed E-state index contributed by atoms with van der Waals surface area (Å²) in [6, 6.07) is 0. The van der Waals surface area contributed by atoms with E-state index in [0.717, 1.165) is 148 Å². The molecule has 0 N–H and O–H groups in total. The number of rotatable bonds is 64. The molecule has 9 nitrogen and oxygen atoms in total. The molecule has 0 rings (SSSR count). The summed E-state index contributed by atoms with van der Waals surface area (Å²) in [5, 5.41) is 0. The number of nitrogens with zero attached hydrogens (tertiary/aromatic N) is 1. The number of phosphoric ester groups is 1. The lowest BCUT2D eigenvalue weighted by molar-refractivity contribution is -0.870. The lowest BCUT2D eigenvalue weighted by atomic mass is 10.0. The molecule has 0 fully saturated rings. The van der Waals surface area contributed by atoms with Gasteiger partial charge in [0.2, 0.25) is 0 Å². The van der Waals surface area contributed by atoms with Crippen molar-refractivity contribution in [3.8, 4) is 0 Å². The highest BCUT2D eigenvalue weighted by molar-refractivity contribution is 7.45. The van der Waals surface area contributed by atoms with E-state index in [1.165, 1.54) is 89.9 Å². The molecule has 90 heavy (non-hydrogen) atoms. The minimum absolute atomic E-state index is 0.0420. The van der Waals surface area contributed by atoms with Gasteiger partial charge in [0.1, 0.15) is 19.8 Å². The van der Waals surface area contributed by atoms with E-state index in [2.05, 4.69) is 184 Å². The average molecular weight is 1270 g/mol. The molecule has 0 saturated carbocycles. The molecule has 0 aliphatic heterocycles. The first-order chi connectivity index (χ1) is 44.0. The Kier molecular flexibility index (Phi) is 65.2. The summed E-state index contributed by atoms with van der Waals surface area (Å²) in [6.07, 6.45) is 104. The van der Waals surface area contributed by atoms with E-state index in [1.807, 2.05) is 21.1 Å². The first kappa shape index (κ1) is 85.4. The van der Waals surface area contributed by atoms with Gasteiger partial charge in [-0.15, -0.1) is 0 Å². The maximum Gasteiger partial charge on any atom is 0.306 e. The Morgan fingerprint density at radius 2 is 0.600 bits per heavy atom. The Bertz CT molecular complexity index is 2130. The summed E-state index contributed by atoms with van der Waals surface area (Å²) in [4.78, 5) is 38.1. The number of carbonyl (C=O) groups excluding carboxylic acids is 2. The van der Waals surface area contributed by atoms with Crippen LogP contribution in [0.2, 0.25) is 0 Å². The fraction of sp³-hybridized carbons (Fsp3) is 0.625. The number of carbonyl (C=O) groups is 2. The van der Waals surface area contributed by atoms with Gasteiger partial charge >= 0.3 is 11.9 Å². The van der Waals surface area contributed by atoms with Crippen molar-refractivity contribution in [3.05, 3.63) is 170 Å². The average Bonchev–Trinajstić information content (AvgIpc) is 3.58. The van der Waals surface area contributed by atoms with Gasteiger partial charge in [-0.25, -0.2) is 0 Å². The van der Waals surface area contributed by atoms with Crippen LogP contribution in [0.5, 0.6) is 0 Å². The monoisotopic (exact) mass is 1270 g/mol. The van der Waals surface area contributed by atoms with Gasteiger partial charge in [-0.2, -0.15) is 0 Å². The molecule has 0 heterocycles. The highest BCUT2D eigenvalue weighted by atomic mass is 31.2. The number of quaternary nitrogens is 1. The second-order valence-corrected chi connectivity index (χ2v) is 25.9. The van der Waals surface area contributed by atoms with E-state index in [-0.39, 0.29) is 26.1 Å².